The Labute approximate surface area is 133 Å². The van der Waals surface area contributed by atoms with Gasteiger partial charge in [0.25, 0.3) is 0 Å². The van der Waals surface area contributed by atoms with Gasteiger partial charge in [-0.15, -0.1) is 11.8 Å². The zero-order valence-corrected chi connectivity index (χ0v) is 12.9. The molecule has 4 atom stereocenters. The van der Waals surface area contributed by atoms with Gasteiger partial charge in [-0.25, -0.2) is 4.79 Å². The molecular weight excluding hydrogens is 332 g/mol. The number of carboxylic acid groups (broad SMARTS) is 1. The molecule has 3 aliphatic heterocycles. The highest BCUT2D eigenvalue weighted by Gasteiger charge is 2.58. The summed E-state index contributed by atoms with van der Waals surface area (Å²) in [6.07, 6.45) is -0.893. The lowest BCUT2D eigenvalue weighted by Gasteiger charge is -2.43. The number of thioether (sulfide) groups is 2. The summed E-state index contributed by atoms with van der Waals surface area (Å²) in [6, 6.07) is 0. The summed E-state index contributed by atoms with van der Waals surface area (Å²) in [4.78, 5) is 47.4. The van der Waals surface area contributed by atoms with E-state index in [2.05, 4.69) is 5.32 Å². The van der Waals surface area contributed by atoms with E-state index in [0.717, 1.165) is 28.4 Å². The smallest absolute Gasteiger partial charge is 0.354 e. The number of aliphatic carboxylic acids is 1. The molecule has 2 fully saturated rings. The number of β-lactam (4-membered cyclic amide) rings is 1. The number of nitrogens with one attached hydrogen (secondary N) is 1. The molecule has 0 bridgehead atoms. The molecule has 0 aromatic rings. The Hall–Kier alpha value is -1.52. The van der Waals surface area contributed by atoms with E-state index in [1.807, 2.05) is 0 Å². The van der Waals surface area contributed by atoms with Crippen molar-refractivity contribution in [2.45, 2.75) is 30.1 Å². The van der Waals surface area contributed by atoms with Gasteiger partial charge in [0, 0.05) is 6.42 Å². The van der Waals surface area contributed by atoms with Crippen LogP contribution in [0, 0.1) is 5.92 Å². The van der Waals surface area contributed by atoms with E-state index in [1.165, 1.54) is 6.92 Å². The number of carboxylic acids is 1. The van der Waals surface area contributed by atoms with Crippen molar-refractivity contribution in [2.24, 2.45) is 5.92 Å². The standard InChI is InChI=1S/C12H12N2O6S2/c1-3(15)6-9(18)14-7(11(19)20)12(22-10(6)14)21-4-2-5(16)13-8(4)17/h3-4,6,10,15H,2H2,1H3,(H,19,20)(H,13,16,17)/t3-,4?,6+,10-/m1/s1. The topological polar surface area (TPSA) is 124 Å². The SMILES string of the molecule is C[C@@H](O)[C@H]1C(=O)N2C(C(=O)O)=C(SC3CC(=O)NC3=O)S[C@H]12. The third-order valence-electron chi connectivity index (χ3n) is 3.64. The first-order chi connectivity index (χ1) is 10.3. The molecular formula is C12H12N2O6S2. The molecule has 3 heterocycles. The van der Waals surface area contributed by atoms with Crippen molar-refractivity contribution in [1.82, 2.24) is 10.2 Å². The summed E-state index contributed by atoms with van der Waals surface area (Å²) in [5.74, 6) is -3.21. The van der Waals surface area contributed by atoms with Gasteiger partial charge in [0.05, 0.1) is 21.5 Å². The summed E-state index contributed by atoms with van der Waals surface area (Å²) in [5, 5.41) is 19.9. The Kier molecular flexibility index (Phi) is 3.69. The second-order valence-electron chi connectivity index (χ2n) is 5.15. The average Bonchev–Trinajstić information content (AvgIpc) is 2.87. The number of amides is 3. The van der Waals surface area contributed by atoms with E-state index in [1.54, 1.807) is 0 Å². The van der Waals surface area contributed by atoms with Crippen molar-refractivity contribution >= 4 is 47.2 Å². The van der Waals surface area contributed by atoms with Crippen molar-refractivity contribution in [3.63, 3.8) is 0 Å². The van der Waals surface area contributed by atoms with Gasteiger partial charge >= 0.3 is 5.97 Å². The fourth-order valence-electron chi connectivity index (χ4n) is 2.59. The summed E-state index contributed by atoms with van der Waals surface area (Å²) in [6.45, 7) is 1.48. The summed E-state index contributed by atoms with van der Waals surface area (Å²) in [5.41, 5.74) is -0.172. The zero-order chi connectivity index (χ0) is 16.2. The number of aliphatic hydroxyl groups is 1. The molecule has 3 amide bonds. The number of imide groups is 1. The number of hydrogen-bond acceptors (Lipinski definition) is 7. The molecule has 2 saturated heterocycles. The molecule has 0 aliphatic carbocycles. The maximum atomic E-state index is 12.0. The average molecular weight is 344 g/mol. The maximum Gasteiger partial charge on any atom is 0.354 e. The summed E-state index contributed by atoms with van der Waals surface area (Å²) >= 11 is 2.12. The molecule has 22 heavy (non-hydrogen) atoms. The highest BCUT2D eigenvalue weighted by Crippen LogP contribution is 2.54. The number of aliphatic hydroxyl groups excluding tert-OH is 1. The zero-order valence-electron chi connectivity index (χ0n) is 11.3. The van der Waals surface area contributed by atoms with Crippen molar-refractivity contribution in [2.75, 3.05) is 0 Å². The molecule has 0 saturated carbocycles. The first kappa shape index (κ1) is 15.4. The highest BCUT2D eigenvalue weighted by atomic mass is 32.2. The van der Waals surface area contributed by atoms with Crippen LogP contribution in [-0.2, 0) is 19.2 Å². The minimum atomic E-state index is -1.26. The number of carbonyl (C=O) groups is 4. The lowest BCUT2D eigenvalue weighted by Crippen LogP contribution is -2.60. The van der Waals surface area contributed by atoms with E-state index >= 15 is 0 Å². The van der Waals surface area contributed by atoms with E-state index in [0.29, 0.717) is 4.24 Å². The number of carbonyl (C=O) groups excluding carboxylic acids is 3. The number of fused-ring (bicyclic) bond motifs is 1. The molecule has 3 N–H and O–H groups in total. The van der Waals surface area contributed by atoms with Crippen molar-refractivity contribution in [3.05, 3.63) is 9.93 Å². The lowest BCUT2D eigenvalue weighted by atomic mass is 9.92. The van der Waals surface area contributed by atoms with Gasteiger partial charge in [-0.05, 0) is 6.92 Å². The van der Waals surface area contributed by atoms with Crippen LogP contribution in [0.2, 0.25) is 0 Å². The second-order valence-corrected chi connectivity index (χ2v) is 7.75. The molecule has 10 heteroatoms. The normalized spacial score (nSPS) is 32.0. The van der Waals surface area contributed by atoms with Crippen LogP contribution in [0.1, 0.15) is 13.3 Å². The van der Waals surface area contributed by atoms with E-state index < -0.39 is 46.3 Å². The minimum absolute atomic E-state index is 0.0150. The van der Waals surface area contributed by atoms with Gasteiger partial charge in [-0.3, -0.25) is 24.6 Å². The largest absolute Gasteiger partial charge is 0.477 e. The van der Waals surface area contributed by atoms with Gasteiger partial charge in [0.1, 0.15) is 5.37 Å². The molecule has 0 spiro atoms. The van der Waals surface area contributed by atoms with E-state index in [4.69, 9.17) is 0 Å². The molecule has 8 nitrogen and oxygen atoms in total. The summed E-state index contributed by atoms with van der Waals surface area (Å²) in [7, 11) is 0. The highest BCUT2D eigenvalue weighted by molar-refractivity contribution is 8.23. The van der Waals surface area contributed by atoms with Crippen LogP contribution in [0.3, 0.4) is 0 Å². The van der Waals surface area contributed by atoms with Crippen molar-refractivity contribution < 1.29 is 29.4 Å². The number of hydrogen-bond donors (Lipinski definition) is 3. The van der Waals surface area contributed by atoms with Crippen molar-refractivity contribution in [1.29, 1.82) is 0 Å². The fraction of sp³-hybridized carbons (Fsp3) is 0.500. The van der Waals surface area contributed by atoms with Crippen LogP contribution < -0.4 is 5.32 Å². The van der Waals surface area contributed by atoms with E-state index in [9.17, 15) is 29.4 Å². The first-order valence-electron chi connectivity index (χ1n) is 6.47. The number of nitrogens with zero attached hydrogens (tertiary/aromatic N) is 1. The van der Waals surface area contributed by atoms with Gasteiger partial charge in [0.2, 0.25) is 17.7 Å². The first-order valence-corrected chi connectivity index (χ1v) is 8.23. The molecule has 0 radical (unpaired) electrons. The minimum Gasteiger partial charge on any atom is -0.477 e. The Morgan fingerprint density at radius 1 is 1.45 bits per heavy atom. The van der Waals surface area contributed by atoms with Crippen LogP contribution in [0.4, 0.5) is 0 Å². The Bertz CT molecular complexity index is 631. The molecule has 0 aromatic heterocycles. The predicted molar refractivity (Wildman–Crippen MR) is 77.2 cm³/mol. The number of rotatable bonds is 4. The quantitative estimate of drug-likeness (QED) is 0.452. The van der Waals surface area contributed by atoms with E-state index in [-0.39, 0.29) is 12.1 Å². The second kappa shape index (κ2) is 5.28. The fourth-order valence-corrected chi connectivity index (χ4v) is 5.73. The Morgan fingerprint density at radius 2 is 2.14 bits per heavy atom. The lowest BCUT2D eigenvalue weighted by molar-refractivity contribution is -0.156. The van der Waals surface area contributed by atoms with Gasteiger partial charge in [-0.2, -0.15) is 0 Å². The molecule has 3 aliphatic rings. The van der Waals surface area contributed by atoms with Gasteiger partial charge in [-0.1, -0.05) is 11.8 Å². The van der Waals surface area contributed by atoms with Gasteiger partial charge in [0.15, 0.2) is 5.70 Å². The van der Waals surface area contributed by atoms with Crippen LogP contribution in [0.15, 0.2) is 9.93 Å². The van der Waals surface area contributed by atoms with Crippen LogP contribution in [0.25, 0.3) is 0 Å². The van der Waals surface area contributed by atoms with Crippen LogP contribution >= 0.6 is 23.5 Å². The van der Waals surface area contributed by atoms with Gasteiger partial charge < -0.3 is 10.2 Å². The third kappa shape index (κ3) is 2.22. The Balaban J connectivity index is 1.84. The van der Waals surface area contributed by atoms with Crippen LogP contribution in [0.5, 0.6) is 0 Å². The predicted octanol–water partition coefficient (Wildman–Crippen LogP) is -0.699. The van der Waals surface area contributed by atoms with Crippen molar-refractivity contribution in [3.8, 4) is 0 Å². The maximum absolute atomic E-state index is 12.0. The molecule has 3 rings (SSSR count). The molecule has 118 valence electrons. The summed E-state index contributed by atoms with van der Waals surface area (Å²) < 4.78 is 0.323. The monoisotopic (exact) mass is 344 g/mol. The Morgan fingerprint density at radius 3 is 2.64 bits per heavy atom. The molecule has 1 unspecified atom stereocenters. The molecule has 0 aromatic carbocycles. The van der Waals surface area contributed by atoms with Crippen LogP contribution in [-0.4, -0.2) is 55.5 Å². The third-order valence-corrected chi connectivity index (χ3v) is 6.45.